The molecule has 3 aromatic rings. The Kier molecular flexibility index (Phi) is 4.27. The SMILES string of the molecule is Cc1nc(-c2ccc(Cn3cc4nc(-c5cccc(F)c5F)nc-4cn3)cc2)no1. The average molecular weight is 404 g/mol. The van der Waals surface area contributed by atoms with Crippen LogP contribution in [0.5, 0.6) is 0 Å². The highest BCUT2D eigenvalue weighted by atomic mass is 19.2. The first-order valence-electron chi connectivity index (χ1n) is 9.11. The highest BCUT2D eigenvalue weighted by Crippen LogP contribution is 2.27. The van der Waals surface area contributed by atoms with Crippen molar-refractivity contribution in [3.8, 4) is 34.2 Å². The fourth-order valence-corrected chi connectivity index (χ4v) is 3.11. The lowest BCUT2D eigenvalue weighted by Crippen LogP contribution is -2.05. The van der Waals surface area contributed by atoms with Crippen LogP contribution in [0.3, 0.4) is 0 Å². The van der Waals surface area contributed by atoms with E-state index in [1.165, 1.54) is 12.1 Å². The minimum absolute atomic E-state index is 0.0186. The van der Waals surface area contributed by atoms with Crippen LogP contribution in [0, 0.1) is 18.6 Å². The molecule has 0 N–H and O–H groups in total. The molecule has 30 heavy (non-hydrogen) atoms. The van der Waals surface area contributed by atoms with Gasteiger partial charge in [0, 0.05) is 12.5 Å². The zero-order chi connectivity index (χ0) is 20.7. The van der Waals surface area contributed by atoms with Crippen LogP contribution in [0.4, 0.5) is 8.78 Å². The lowest BCUT2D eigenvalue weighted by Gasteiger charge is -2.07. The van der Waals surface area contributed by atoms with E-state index in [0.29, 0.717) is 29.6 Å². The van der Waals surface area contributed by atoms with E-state index in [4.69, 9.17) is 4.52 Å². The predicted molar refractivity (Wildman–Crippen MR) is 103 cm³/mol. The number of rotatable bonds is 4. The van der Waals surface area contributed by atoms with Gasteiger partial charge < -0.3 is 4.52 Å². The molecule has 0 aliphatic carbocycles. The number of fused-ring (bicyclic) bond motifs is 1. The molecule has 3 heterocycles. The standard InChI is InChI=1S/C21H14F2N6O/c1-12-25-20(28-30-12)14-7-5-13(6-8-14)10-29-11-18-17(9-24-29)26-21(27-18)15-3-2-4-16(22)19(15)23/h2-9,11H,10H2,1H3. The third kappa shape index (κ3) is 3.30. The molecule has 1 aromatic heterocycles. The summed E-state index contributed by atoms with van der Waals surface area (Å²) in [4.78, 5) is 12.8. The van der Waals surface area contributed by atoms with E-state index in [0.717, 1.165) is 17.2 Å². The van der Waals surface area contributed by atoms with Gasteiger partial charge >= 0.3 is 0 Å². The van der Waals surface area contributed by atoms with Gasteiger partial charge in [0.1, 0.15) is 11.4 Å². The molecule has 0 amide bonds. The molecule has 0 radical (unpaired) electrons. The van der Waals surface area contributed by atoms with E-state index in [-0.39, 0.29) is 11.4 Å². The van der Waals surface area contributed by atoms with E-state index < -0.39 is 11.6 Å². The van der Waals surface area contributed by atoms with Crippen molar-refractivity contribution in [1.82, 2.24) is 29.9 Å². The first-order chi connectivity index (χ1) is 14.6. The van der Waals surface area contributed by atoms with Crippen molar-refractivity contribution >= 4 is 0 Å². The van der Waals surface area contributed by atoms with Gasteiger partial charge in [0.2, 0.25) is 11.7 Å². The second-order valence-electron chi connectivity index (χ2n) is 6.72. The Balaban J connectivity index is 1.40. The molecule has 2 aliphatic rings. The zero-order valence-electron chi connectivity index (χ0n) is 15.8. The number of imidazole rings is 1. The van der Waals surface area contributed by atoms with Gasteiger partial charge in [0.25, 0.3) is 0 Å². The van der Waals surface area contributed by atoms with Crippen molar-refractivity contribution in [2.24, 2.45) is 0 Å². The molecule has 0 saturated carbocycles. The maximum Gasteiger partial charge on any atom is 0.223 e. The Morgan fingerprint density at radius 3 is 2.50 bits per heavy atom. The van der Waals surface area contributed by atoms with Crippen molar-refractivity contribution in [2.45, 2.75) is 13.5 Å². The van der Waals surface area contributed by atoms with Crippen molar-refractivity contribution in [3.63, 3.8) is 0 Å². The Morgan fingerprint density at radius 1 is 0.933 bits per heavy atom. The molecule has 2 aromatic carbocycles. The Hall–Kier alpha value is -4.01. The quantitative estimate of drug-likeness (QED) is 0.448. The topological polar surface area (TPSA) is 82.5 Å². The van der Waals surface area contributed by atoms with Crippen LogP contribution in [0.25, 0.3) is 34.2 Å². The van der Waals surface area contributed by atoms with E-state index in [1.54, 1.807) is 24.0 Å². The number of aryl methyl sites for hydroxylation is 1. The van der Waals surface area contributed by atoms with Crippen molar-refractivity contribution in [2.75, 3.05) is 0 Å². The van der Waals surface area contributed by atoms with Gasteiger partial charge in [-0.15, -0.1) is 0 Å². The van der Waals surface area contributed by atoms with Gasteiger partial charge in [-0.25, -0.2) is 18.7 Å². The van der Waals surface area contributed by atoms with Crippen molar-refractivity contribution < 1.29 is 13.3 Å². The fraction of sp³-hybridized carbons (Fsp3) is 0.0952. The zero-order valence-corrected chi connectivity index (χ0v) is 15.8. The van der Waals surface area contributed by atoms with Gasteiger partial charge in [-0.2, -0.15) is 10.1 Å². The third-order valence-electron chi connectivity index (χ3n) is 4.59. The van der Waals surface area contributed by atoms with E-state index >= 15 is 0 Å². The summed E-state index contributed by atoms with van der Waals surface area (Å²) < 4.78 is 34.3. The van der Waals surface area contributed by atoms with E-state index in [9.17, 15) is 8.78 Å². The highest BCUT2D eigenvalue weighted by molar-refractivity contribution is 5.65. The van der Waals surface area contributed by atoms with Crippen LogP contribution in [-0.2, 0) is 6.54 Å². The monoisotopic (exact) mass is 404 g/mol. The Bertz CT molecular complexity index is 1310. The molecule has 0 spiro atoms. The van der Waals surface area contributed by atoms with Crippen molar-refractivity contribution in [1.29, 1.82) is 0 Å². The minimum Gasteiger partial charge on any atom is -0.339 e. The number of benzene rings is 2. The van der Waals surface area contributed by atoms with Crippen LogP contribution < -0.4 is 0 Å². The number of hydrogen-bond acceptors (Lipinski definition) is 6. The molecule has 2 aliphatic heterocycles. The average Bonchev–Trinajstić information content (AvgIpc) is 3.36. The molecular formula is C21H14F2N6O. The number of hydrogen-bond donors (Lipinski definition) is 0. The molecule has 0 saturated heterocycles. The number of halogens is 2. The normalized spacial score (nSPS) is 11.3. The summed E-state index contributed by atoms with van der Waals surface area (Å²) in [6, 6.07) is 11.6. The van der Waals surface area contributed by atoms with Crippen LogP contribution >= 0.6 is 0 Å². The smallest absolute Gasteiger partial charge is 0.223 e. The second kappa shape index (κ2) is 7.11. The largest absolute Gasteiger partial charge is 0.339 e. The summed E-state index contributed by atoms with van der Waals surface area (Å²) in [5.41, 5.74) is 2.93. The number of aromatic nitrogens is 6. The molecular weight excluding hydrogens is 390 g/mol. The lowest BCUT2D eigenvalue weighted by molar-refractivity contribution is 0.394. The maximum atomic E-state index is 14.0. The summed E-state index contributed by atoms with van der Waals surface area (Å²) in [6.45, 7) is 2.24. The lowest BCUT2D eigenvalue weighted by atomic mass is 10.1. The van der Waals surface area contributed by atoms with Crippen LogP contribution in [-0.4, -0.2) is 29.9 Å². The molecule has 0 unspecified atom stereocenters. The summed E-state index contributed by atoms with van der Waals surface area (Å²) in [5.74, 6) is -0.730. The van der Waals surface area contributed by atoms with Gasteiger partial charge in [-0.1, -0.05) is 35.5 Å². The summed E-state index contributed by atoms with van der Waals surface area (Å²) >= 11 is 0. The summed E-state index contributed by atoms with van der Waals surface area (Å²) in [7, 11) is 0. The molecule has 0 bridgehead atoms. The molecule has 9 heteroatoms. The van der Waals surface area contributed by atoms with E-state index in [2.05, 4.69) is 25.2 Å². The summed E-state index contributed by atoms with van der Waals surface area (Å²) in [6.07, 6.45) is 3.28. The number of nitrogens with zero attached hydrogens (tertiary/aromatic N) is 6. The minimum atomic E-state index is -0.967. The van der Waals surface area contributed by atoms with Crippen molar-refractivity contribution in [3.05, 3.63) is 77.9 Å². The molecule has 5 rings (SSSR count). The third-order valence-corrected chi connectivity index (χ3v) is 4.59. The predicted octanol–water partition coefficient (Wildman–Crippen LogP) is 4.13. The van der Waals surface area contributed by atoms with Crippen LogP contribution in [0.2, 0.25) is 0 Å². The summed E-state index contributed by atoms with van der Waals surface area (Å²) in [5, 5.41) is 8.24. The fourth-order valence-electron chi connectivity index (χ4n) is 3.11. The molecule has 148 valence electrons. The molecule has 0 fully saturated rings. The second-order valence-corrected chi connectivity index (χ2v) is 6.72. The van der Waals surface area contributed by atoms with Gasteiger partial charge in [-0.05, 0) is 17.7 Å². The van der Waals surface area contributed by atoms with Gasteiger partial charge in [0.05, 0.1) is 24.5 Å². The van der Waals surface area contributed by atoms with E-state index in [1.807, 2.05) is 24.3 Å². The van der Waals surface area contributed by atoms with Gasteiger partial charge in [0.15, 0.2) is 17.5 Å². The Morgan fingerprint density at radius 2 is 1.73 bits per heavy atom. The Labute approximate surface area is 169 Å². The molecule has 0 atom stereocenters. The van der Waals surface area contributed by atoms with Crippen LogP contribution in [0.1, 0.15) is 11.5 Å². The maximum absolute atomic E-state index is 14.0. The van der Waals surface area contributed by atoms with Gasteiger partial charge in [-0.3, -0.25) is 4.68 Å². The molecule has 7 nitrogen and oxygen atoms in total. The first kappa shape index (κ1) is 18.0. The first-order valence-corrected chi connectivity index (χ1v) is 9.11. The highest BCUT2D eigenvalue weighted by Gasteiger charge is 2.18. The van der Waals surface area contributed by atoms with Crippen LogP contribution in [0.15, 0.2) is 59.4 Å².